The minimum absolute atomic E-state index is 0.00577. The Kier molecular flexibility index (Phi) is 6.86. The molecule has 168 valence electrons. The van der Waals surface area contributed by atoms with Crippen LogP contribution in [0, 0.1) is 5.82 Å². The lowest BCUT2D eigenvalue weighted by atomic mass is 10.0. The number of halogens is 4. The summed E-state index contributed by atoms with van der Waals surface area (Å²) in [6.07, 6.45) is -5.45. The second-order valence-electron chi connectivity index (χ2n) is 6.83. The Morgan fingerprint density at radius 2 is 1.88 bits per heavy atom. The molecular weight excluding hydrogens is 434 g/mol. The number of nitrogens with zero attached hydrogens (tertiary/aromatic N) is 2. The molecule has 3 aromatic rings. The van der Waals surface area contributed by atoms with Crippen LogP contribution in [0.1, 0.15) is 35.9 Å². The van der Waals surface area contributed by atoms with Crippen molar-refractivity contribution in [2.24, 2.45) is 0 Å². The van der Waals surface area contributed by atoms with Crippen LogP contribution in [0.4, 0.5) is 17.6 Å². The van der Waals surface area contributed by atoms with Crippen LogP contribution >= 0.6 is 0 Å². The minimum Gasteiger partial charge on any atom is -0.481 e. The topological polar surface area (TPSA) is 105 Å². The summed E-state index contributed by atoms with van der Waals surface area (Å²) in [7, 11) is 0. The minimum atomic E-state index is -4.61. The number of aryl methyl sites for hydroxylation is 1. The highest BCUT2D eigenvalue weighted by Gasteiger charge is 2.31. The number of aromatic nitrogens is 2. The number of aliphatic carboxylic acids is 1. The van der Waals surface area contributed by atoms with Crippen molar-refractivity contribution in [1.82, 2.24) is 15.5 Å². The highest BCUT2D eigenvalue weighted by atomic mass is 19.4. The van der Waals surface area contributed by atoms with E-state index in [0.29, 0.717) is 0 Å². The van der Waals surface area contributed by atoms with Gasteiger partial charge in [-0.25, -0.2) is 4.39 Å². The van der Waals surface area contributed by atoms with E-state index in [0.717, 1.165) is 18.2 Å². The van der Waals surface area contributed by atoms with E-state index >= 15 is 0 Å². The highest BCUT2D eigenvalue weighted by molar-refractivity contribution is 5.78. The molecule has 0 spiro atoms. The molecule has 3 rings (SSSR count). The van der Waals surface area contributed by atoms with Gasteiger partial charge in [0, 0.05) is 12.8 Å². The lowest BCUT2D eigenvalue weighted by molar-refractivity contribution is -0.138. The first-order valence-electron chi connectivity index (χ1n) is 9.39. The third kappa shape index (κ3) is 5.90. The van der Waals surface area contributed by atoms with Crippen molar-refractivity contribution in [2.75, 3.05) is 0 Å². The first kappa shape index (κ1) is 22.9. The van der Waals surface area contributed by atoms with Crippen molar-refractivity contribution in [3.63, 3.8) is 0 Å². The molecule has 0 saturated heterocycles. The number of nitrogens with one attached hydrogen (secondary N) is 1. The normalized spacial score (nSPS) is 12.4. The van der Waals surface area contributed by atoms with Crippen LogP contribution < -0.4 is 5.32 Å². The Hall–Kier alpha value is -3.76. The average Bonchev–Trinajstić information content (AvgIpc) is 3.20. The van der Waals surface area contributed by atoms with Gasteiger partial charge in [-0.15, -0.1) is 0 Å². The van der Waals surface area contributed by atoms with E-state index in [9.17, 15) is 27.2 Å². The van der Waals surface area contributed by atoms with Gasteiger partial charge in [-0.1, -0.05) is 29.4 Å². The number of rotatable bonds is 8. The number of carbonyl (C=O) groups is 2. The molecule has 0 fully saturated rings. The summed E-state index contributed by atoms with van der Waals surface area (Å²) in [5, 5.41) is 15.2. The summed E-state index contributed by atoms with van der Waals surface area (Å²) in [4.78, 5) is 27.5. The second kappa shape index (κ2) is 9.58. The fourth-order valence-corrected chi connectivity index (χ4v) is 2.95. The number of hydrogen-bond acceptors (Lipinski definition) is 5. The van der Waals surface area contributed by atoms with E-state index in [1.54, 1.807) is 6.07 Å². The van der Waals surface area contributed by atoms with Gasteiger partial charge in [0.15, 0.2) is 0 Å². The molecule has 1 amide bonds. The van der Waals surface area contributed by atoms with Gasteiger partial charge in [-0.2, -0.15) is 18.2 Å². The van der Waals surface area contributed by atoms with E-state index in [4.69, 9.17) is 9.63 Å². The van der Waals surface area contributed by atoms with Crippen molar-refractivity contribution >= 4 is 11.9 Å². The van der Waals surface area contributed by atoms with Gasteiger partial charge in [-0.05, 0) is 29.8 Å². The van der Waals surface area contributed by atoms with Crippen molar-refractivity contribution < 1.29 is 36.8 Å². The molecule has 2 N–H and O–H groups in total. The lowest BCUT2D eigenvalue weighted by Crippen LogP contribution is -2.30. The number of hydrogen-bond donors (Lipinski definition) is 2. The molecule has 0 bridgehead atoms. The number of carboxylic acid groups (broad SMARTS) is 1. The van der Waals surface area contributed by atoms with E-state index in [2.05, 4.69) is 15.5 Å². The van der Waals surface area contributed by atoms with Gasteiger partial charge in [0.1, 0.15) is 5.82 Å². The molecule has 0 radical (unpaired) electrons. The molecule has 2 aromatic carbocycles. The summed E-state index contributed by atoms with van der Waals surface area (Å²) < 4.78 is 57.7. The van der Waals surface area contributed by atoms with Gasteiger partial charge in [0.2, 0.25) is 17.6 Å². The summed E-state index contributed by atoms with van der Waals surface area (Å²) in [6.45, 7) is 0. The highest BCUT2D eigenvalue weighted by Crippen LogP contribution is 2.31. The summed E-state index contributed by atoms with van der Waals surface area (Å²) >= 11 is 0. The van der Waals surface area contributed by atoms with Crippen molar-refractivity contribution in [2.45, 2.75) is 31.5 Å². The third-order valence-corrected chi connectivity index (χ3v) is 4.48. The Morgan fingerprint density at radius 3 is 2.56 bits per heavy atom. The maximum absolute atomic E-state index is 13.8. The molecular formula is C21H17F4N3O4. The van der Waals surface area contributed by atoms with Crippen LogP contribution in [0.3, 0.4) is 0 Å². The molecule has 11 heteroatoms. The summed E-state index contributed by atoms with van der Waals surface area (Å²) in [5.41, 5.74) is -0.820. The fraction of sp³-hybridized carbons (Fsp3) is 0.238. The van der Waals surface area contributed by atoms with Crippen molar-refractivity contribution in [3.8, 4) is 11.4 Å². The predicted molar refractivity (Wildman–Crippen MR) is 103 cm³/mol. The zero-order valence-electron chi connectivity index (χ0n) is 16.4. The maximum Gasteiger partial charge on any atom is 0.416 e. The molecule has 0 aliphatic heterocycles. The van der Waals surface area contributed by atoms with Gasteiger partial charge in [0.25, 0.3) is 0 Å². The van der Waals surface area contributed by atoms with E-state index in [-0.39, 0.29) is 35.7 Å². The first-order chi connectivity index (χ1) is 15.1. The molecule has 7 nitrogen and oxygen atoms in total. The fourth-order valence-electron chi connectivity index (χ4n) is 2.95. The smallest absolute Gasteiger partial charge is 0.416 e. The predicted octanol–water partition coefficient (Wildman–Crippen LogP) is 4.16. The van der Waals surface area contributed by atoms with Crippen molar-refractivity contribution in [1.29, 1.82) is 0 Å². The number of carbonyl (C=O) groups excluding carboxylic acids is 1. The van der Waals surface area contributed by atoms with E-state index in [1.807, 2.05) is 0 Å². The summed E-state index contributed by atoms with van der Waals surface area (Å²) in [6, 6.07) is 8.72. The number of benzene rings is 2. The lowest BCUT2D eigenvalue weighted by Gasteiger charge is -2.18. The van der Waals surface area contributed by atoms with Gasteiger partial charge >= 0.3 is 12.1 Å². The Labute approximate surface area is 179 Å². The zero-order chi connectivity index (χ0) is 23.3. The molecule has 1 atom stereocenters. The monoisotopic (exact) mass is 451 g/mol. The average molecular weight is 451 g/mol. The Morgan fingerprint density at radius 1 is 1.12 bits per heavy atom. The molecule has 0 aliphatic rings. The second-order valence-corrected chi connectivity index (χ2v) is 6.83. The number of alkyl halides is 3. The van der Waals surface area contributed by atoms with Crippen LogP contribution in [-0.2, 0) is 22.2 Å². The molecule has 1 aromatic heterocycles. The van der Waals surface area contributed by atoms with Gasteiger partial charge < -0.3 is 14.9 Å². The molecule has 0 aliphatic carbocycles. The maximum atomic E-state index is 13.8. The van der Waals surface area contributed by atoms with Crippen LogP contribution in [0.25, 0.3) is 11.4 Å². The van der Waals surface area contributed by atoms with Crippen LogP contribution in [-0.4, -0.2) is 27.1 Å². The number of amides is 1. The van der Waals surface area contributed by atoms with E-state index < -0.39 is 41.9 Å². The largest absolute Gasteiger partial charge is 0.481 e. The molecule has 0 saturated carbocycles. The first-order valence-corrected chi connectivity index (χ1v) is 9.39. The van der Waals surface area contributed by atoms with Crippen molar-refractivity contribution in [3.05, 3.63) is 71.4 Å². The van der Waals surface area contributed by atoms with Gasteiger partial charge in [-0.3, -0.25) is 9.59 Å². The quantitative estimate of drug-likeness (QED) is 0.499. The molecule has 1 unspecified atom stereocenters. The molecule has 32 heavy (non-hydrogen) atoms. The SMILES string of the molecule is O=C(O)CC(NC(=O)CCc1nc(-c2ccccc2F)no1)c1cccc(C(F)(F)F)c1. The number of carboxylic acids is 1. The van der Waals surface area contributed by atoms with Crippen LogP contribution in [0.15, 0.2) is 53.1 Å². The van der Waals surface area contributed by atoms with Crippen LogP contribution in [0.2, 0.25) is 0 Å². The summed E-state index contributed by atoms with van der Waals surface area (Å²) in [5.74, 6) is -2.41. The Balaban J connectivity index is 1.67. The zero-order valence-corrected chi connectivity index (χ0v) is 16.4. The third-order valence-electron chi connectivity index (χ3n) is 4.48. The van der Waals surface area contributed by atoms with Crippen LogP contribution in [0.5, 0.6) is 0 Å². The van der Waals surface area contributed by atoms with E-state index in [1.165, 1.54) is 24.3 Å². The molecule has 1 heterocycles. The van der Waals surface area contributed by atoms with Gasteiger partial charge in [0.05, 0.1) is 23.6 Å². The standard InChI is InChI=1S/C21H17F4N3O4/c22-15-7-2-1-6-14(15)20-27-18(32-28-20)9-8-17(29)26-16(11-19(30)31)12-4-3-5-13(10-12)21(23,24)25/h1-7,10,16H,8-9,11H2,(H,26,29)(H,30,31). The Bertz CT molecular complexity index is 1110.